The highest BCUT2D eigenvalue weighted by Gasteiger charge is 2.32. The van der Waals surface area contributed by atoms with E-state index >= 15 is 0 Å². The van der Waals surface area contributed by atoms with Gasteiger partial charge >= 0.3 is 0 Å². The van der Waals surface area contributed by atoms with Crippen molar-refractivity contribution in [3.63, 3.8) is 0 Å². The van der Waals surface area contributed by atoms with Gasteiger partial charge in [0.05, 0.1) is 7.11 Å². The molecule has 1 saturated carbocycles. The first-order chi connectivity index (χ1) is 10.0. The summed E-state index contributed by atoms with van der Waals surface area (Å²) in [6.07, 6.45) is 2.42. The lowest BCUT2D eigenvalue weighted by Gasteiger charge is -2.13. The van der Waals surface area contributed by atoms with Gasteiger partial charge in [0.15, 0.2) is 0 Å². The van der Waals surface area contributed by atoms with Gasteiger partial charge in [-0.25, -0.2) is 4.98 Å². The summed E-state index contributed by atoms with van der Waals surface area (Å²) in [5.41, 5.74) is 8.23. The second kappa shape index (κ2) is 5.37. The van der Waals surface area contributed by atoms with E-state index in [0.717, 1.165) is 33.1 Å². The van der Waals surface area contributed by atoms with Crippen molar-refractivity contribution in [1.82, 2.24) is 9.55 Å². The zero-order chi connectivity index (χ0) is 15.1. The molecule has 1 aliphatic carbocycles. The van der Waals surface area contributed by atoms with Crippen LogP contribution in [0.25, 0.3) is 11.3 Å². The molecule has 0 spiro atoms. The number of ether oxygens (including phenoxy) is 1. The number of benzene rings is 1. The molecule has 1 aromatic carbocycles. The molecule has 1 aliphatic rings. The molecule has 0 saturated heterocycles. The van der Waals surface area contributed by atoms with Crippen LogP contribution in [0.4, 0.5) is 5.82 Å². The molecule has 1 heterocycles. The molecule has 1 fully saturated rings. The van der Waals surface area contributed by atoms with Crippen LogP contribution in [0.3, 0.4) is 0 Å². The van der Waals surface area contributed by atoms with Gasteiger partial charge in [-0.15, -0.1) is 0 Å². The average Bonchev–Trinajstić information content (AvgIpc) is 3.23. The summed E-state index contributed by atoms with van der Waals surface area (Å²) < 4.78 is 8.46. The number of anilines is 1. The average molecular weight is 350 g/mol. The number of rotatable bonds is 4. The maximum absolute atomic E-state index is 6.40. The number of aromatic nitrogens is 2. The summed E-state index contributed by atoms with van der Waals surface area (Å²) in [6.45, 7) is 4.29. The molecular formula is C16H20BrN3O. The molecule has 2 aromatic rings. The monoisotopic (exact) mass is 349 g/mol. The molecule has 1 aromatic heterocycles. The highest BCUT2D eigenvalue weighted by atomic mass is 79.9. The Labute approximate surface area is 133 Å². The predicted octanol–water partition coefficient (Wildman–Crippen LogP) is 4.36. The molecule has 3 rings (SSSR count). The van der Waals surface area contributed by atoms with Gasteiger partial charge in [-0.05, 0) is 44.9 Å². The minimum atomic E-state index is 0.311. The van der Waals surface area contributed by atoms with Crippen molar-refractivity contribution < 1.29 is 4.74 Å². The van der Waals surface area contributed by atoms with Gasteiger partial charge in [0, 0.05) is 22.0 Å². The quantitative estimate of drug-likeness (QED) is 0.891. The first-order valence-electron chi connectivity index (χ1n) is 7.24. The molecule has 4 nitrogen and oxygen atoms in total. The number of imidazole rings is 1. The molecule has 21 heavy (non-hydrogen) atoms. The Morgan fingerprint density at radius 2 is 2.10 bits per heavy atom. The Morgan fingerprint density at radius 1 is 1.38 bits per heavy atom. The molecule has 0 amide bonds. The van der Waals surface area contributed by atoms with Crippen molar-refractivity contribution in [2.24, 2.45) is 0 Å². The zero-order valence-corrected chi connectivity index (χ0v) is 14.1. The smallest absolute Gasteiger partial charge is 0.132 e. The number of nitrogens with two attached hydrogens (primary N) is 1. The SMILES string of the molecule is COc1ccc(Br)c(-c2nc(C3CC3)n(C(C)C)c2N)c1. The number of nitrogen functional groups attached to an aromatic ring is 1. The van der Waals surface area contributed by atoms with E-state index in [1.54, 1.807) is 7.11 Å². The van der Waals surface area contributed by atoms with Gasteiger partial charge in [-0.3, -0.25) is 0 Å². The highest BCUT2D eigenvalue weighted by Crippen LogP contribution is 2.44. The highest BCUT2D eigenvalue weighted by molar-refractivity contribution is 9.10. The van der Waals surface area contributed by atoms with Crippen LogP contribution < -0.4 is 10.5 Å². The first kappa shape index (κ1) is 14.4. The Bertz CT molecular complexity index is 674. The molecular weight excluding hydrogens is 330 g/mol. The molecule has 5 heteroatoms. The molecule has 2 N–H and O–H groups in total. The Balaban J connectivity index is 2.17. The van der Waals surface area contributed by atoms with Gasteiger partial charge < -0.3 is 15.0 Å². The van der Waals surface area contributed by atoms with E-state index < -0.39 is 0 Å². The number of nitrogens with zero attached hydrogens (tertiary/aromatic N) is 2. The Hall–Kier alpha value is -1.49. The van der Waals surface area contributed by atoms with Gasteiger partial charge in [-0.1, -0.05) is 15.9 Å². The van der Waals surface area contributed by atoms with Crippen LogP contribution >= 0.6 is 15.9 Å². The number of hydrogen-bond acceptors (Lipinski definition) is 3. The number of halogens is 1. The van der Waals surface area contributed by atoms with E-state index in [0.29, 0.717) is 12.0 Å². The first-order valence-corrected chi connectivity index (χ1v) is 8.03. The van der Waals surface area contributed by atoms with E-state index in [1.165, 1.54) is 12.8 Å². The Morgan fingerprint density at radius 3 is 2.67 bits per heavy atom. The largest absolute Gasteiger partial charge is 0.497 e. The lowest BCUT2D eigenvalue weighted by atomic mass is 10.1. The van der Waals surface area contributed by atoms with E-state index in [-0.39, 0.29) is 0 Å². The summed E-state index contributed by atoms with van der Waals surface area (Å²) in [6, 6.07) is 6.18. The van der Waals surface area contributed by atoms with Crippen LogP contribution in [0.1, 0.15) is 44.5 Å². The molecule has 0 bridgehead atoms. The van der Waals surface area contributed by atoms with Crippen molar-refractivity contribution >= 4 is 21.7 Å². The van der Waals surface area contributed by atoms with Crippen LogP contribution in [0.2, 0.25) is 0 Å². The summed E-state index contributed by atoms with van der Waals surface area (Å²) in [5.74, 6) is 3.22. The standard InChI is InChI=1S/C16H20BrN3O/c1-9(2)20-15(18)14(19-16(20)10-4-5-10)12-8-11(21-3)6-7-13(12)17/h6-10H,4-5,18H2,1-3H3. The van der Waals surface area contributed by atoms with Crippen molar-refractivity contribution in [3.8, 4) is 17.0 Å². The minimum absolute atomic E-state index is 0.311. The maximum Gasteiger partial charge on any atom is 0.132 e. The van der Waals surface area contributed by atoms with Gasteiger partial charge in [0.2, 0.25) is 0 Å². The molecule has 112 valence electrons. The summed E-state index contributed by atoms with van der Waals surface area (Å²) in [7, 11) is 1.67. The fourth-order valence-electron chi connectivity index (χ4n) is 2.65. The third-order valence-electron chi connectivity index (χ3n) is 3.86. The predicted molar refractivity (Wildman–Crippen MR) is 88.7 cm³/mol. The second-order valence-corrected chi connectivity index (χ2v) is 6.64. The van der Waals surface area contributed by atoms with Crippen molar-refractivity contribution in [2.75, 3.05) is 12.8 Å². The van der Waals surface area contributed by atoms with Crippen LogP contribution in [-0.4, -0.2) is 16.7 Å². The summed E-state index contributed by atoms with van der Waals surface area (Å²) >= 11 is 3.59. The zero-order valence-electron chi connectivity index (χ0n) is 12.6. The van der Waals surface area contributed by atoms with E-state index in [1.807, 2.05) is 18.2 Å². The van der Waals surface area contributed by atoms with E-state index in [9.17, 15) is 0 Å². The molecule has 0 radical (unpaired) electrons. The Kier molecular flexibility index (Phi) is 3.69. The van der Waals surface area contributed by atoms with Crippen molar-refractivity contribution in [1.29, 1.82) is 0 Å². The normalized spacial score (nSPS) is 14.7. The van der Waals surface area contributed by atoms with Crippen LogP contribution in [-0.2, 0) is 0 Å². The lowest BCUT2D eigenvalue weighted by Crippen LogP contribution is -2.08. The summed E-state index contributed by atoms with van der Waals surface area (Å²) in [5, 5.41) is 0. The third kappa shape index (κ3) is 2.55. The van der Waals surface area contributed by atoms with E-state index in [4.69, 9.17) is 15.5 Å². The fraction of sp³-hybridized carbons (Fsp3) is 0.438. The van der Waals surface area contributed by atoms with Gasteiger partial charge in [0.1, 0.15) is 23.1 Å². The number of methoxy groups -OCH3 is 1. The topological polar surface area (TPSA) is 53.1 Å². The van der Waals surface area contributed by atoms with Gasteiger partial charge in [-0.2, -0.15) is 0 Å². The van der Waals surface area contributed by atoms with E-state index in [2.05, 4.69) is 34.3 Å². The van der Waals surface area contributed by atoms with Crippen molar-refractivity contribution in [3.05, 3.63) is 28.5 Å². The fourth-order valence-corrected chi connectivity index (χ4v) is 3.08. The van der Waals surface area contributed by atoms with Gasteiger partial charge in [0.25, 0.3) is 0 Å². The molecule has 0 unspecified atom stereocenters. The van der Waals surface area contributed by atoms with Crippen LogP contribution in [0.5, 0.6) is 5.75 Å². The van der Waals surface area contributed by atoms with Crippen LogP contribution in [0.15, 0.2) is 22.7 Å². The van der Waals surface area contributed by atoms with Crippen LogP contribution in [0, 0.1) is 0 Å². The lowest BCUT2D eigenvalue weighted by molar-refractivity contribution is 0.415. The minimum Gasteiger partial charge on any atom is -0.497 e. The number of hydrogen-bond donors (Lipinski definition) is 1. The van der Waals surface area contributed by atoms with Crippen molar-refractivity contribution in [2.45, 2.75) is 38.6 Å². The summed E-state index contributed by atoms with van der Waals surface area (Å²) in [4.78, 5) is 4.85. The molecule has 0 atom stereocenters. The second-order valence-electron chi connectivity index (χ2n) is 5.79. The maximum atomic E-state index is 6.40. The molecule has 0 aliphatic heterocycles. The third-order valence-corrected chi connectivity index (χ3v) is 4.55.